The van der Waals surface area contributed by atoms with Crippen LogP contribution in [0.3, 0.4) is 0 Å². The Balaban J connectivity index is 2.93. The van der Waals surface area contributed by atoms with Gasteiger partial charge in [-0.15, -0.1) is 0 Å². The van der Waals surface area contributed by atoms with Crippen molar-refractivity contribution in [2.24, 2.45) is 0 Å². The molecular formula is C12H17N3. The number of anilines is 1. The lowest BCUT2D eigenvalue weighted by Crippen LogP contribution is -2.21. The predicted octanol–water partition coefficient (Wildman–Crippen LogP) is 2.50. The van der Waals surface area contributed by atoms with E-state index >= 15 is 0 Å². The summed E-state index contributed by atoms with van der Waals surface area (Å²) < 4.78 is 0. The van der Waals surface area contributed by atoms with Crippen LogP contribution in [-0.4, -0.2) is 18.6 Å². The van der Waals surface area contributed by atoms with E-state index in [0.29, 0.717) is 5.56 Å². The lowest BCUT2D eigenvalue weighted by Gasteiger charge is -2.19. The highest BCUT2D eigenvalue weighted by molar-refractivity contribution is 5.56. The molecule has 1 aromatic heterocycles. The second-order valence-corrected chi connectivity index (χ2v) is 3.71. The van der Waals surface area contributed by atoms with Crippen molar-refractivity contribution in [1.29, 1.82) is 5.26 Å². The number of nitrogens with zero attached hydrogens (tertiary/aromatic N) is 3. The molecule has 0 aliphatic carbocycles. The van der Waals surface area contributed by atoms with Crippen LogP contribution in [-0.2, 0) is 0 Å². The minimum atomic E-state index is 0.691. The number of hydrogen-bond acceptors (Lipinski definition) is 3. The first-order valence-electron chi connectivity index (χ1n) is 5.27. The average molecular weight is 203 g/mol. The van der Waals surface area contributed by atoms with Gasteiger partial charge in [-0.05, 0) is 25.0 Å². The van der Waals surface area contributed by atoms with Gasteiger partial charge in [0.1, 0.15) is 11.9 Å². The molecule has 3 heteroatoms. The zero-order chi connectivity index (χ0) is 11.3. The van der Waals surface area contributed by atoms with Crippen LogP contribution in [0.2, 0.25) is 0 Å². The normalized spacial score (nSPS) is 9.73. The van der Waals surface area contributed by atoms with Gasteiger partial charge in [-0.25, -0.2) is 4.98 Å². The third-order valence-corrected chi connectivity index (χ3v) is 2.46. The number of rotatable bonds is 4. The molecule has 3 nitrogen and oxygen atoms in total. The molecule has 0 aromatic carbocycles. The van der Waals surface area contributed by atoms with Gasteiger partial charge >= 0.3 is 0 Å². The van der Waals surface area contributed by atoms with E-state index in [1.54, 1.807) is 6.20 Å². The van der Waals surface area contributed by atoms with Crippen LogP contribution < -0.4 is 4.90 Å². The van der Waals surface area contributed by atoms with Gasteiger partial charge in [-0.2, -0.15) is 5.26 Å². The first-order valence-corrected chi connectivity index (χ1v) is 5.27. The van der Waals surface area contributed by atoms with E-state index in [1.165, 1.54) is 0 Å². The zero-order valence-electron chi connectivity index (χ0n) is 9.62. The van der Waals surface area contributed by atoms with Gasteiger partial charge < -0.3 is 4.90 Å². The summed E-state index contributed by atoms with van der Waals surface area (Å²) in [6.07, 6.45) is 4.03. The standard InChI is InChI=1S/C12H17N3/c1-4-5-8-15(3)12-11(9-13)10(2)6-7-14-12/h6-7H,4-5,8H2,1-3H3. The summed E-state index contributed by atoms with van der Waals surface area (Å²) in [6, 6.07) is 4.09. The summed E-state index contributed by atoms with van der Waals surface area (Å²) >= 11 is 0. The van der Waals surface area contributed by atoms with Crippen LogP contribution in [0.1, 0.15) is 30.9 Å². The zero-order valence-corrected chi connectivity index (χ0v) is 9.62. The summed E-state index contributed by atoms with van der Waals surface area (Å²) in [4.78, 5) is 6.32. The van der Waals surface area contributed by atoms with Crippen molar-refractivity contribution < 1.29 is 0 Å². The van der Waals surface area contributed by atoms with Crippen molar-refractivity contribution in [1.82, 2.24) is 4.98 Å². The monoisotopic (exact) mass is 203 g/mol. The van der Waals surface area contributed by atoms with Crippen molar-refractivity contribution >= 4 is 5.82 Å². The van der Waals surface area contributed by atoms with E-state index in [9.17, 15) is 0 Å². The number of aryl methyl sites for hydroxylation is 1. The Hall–Kier alpha value is -1.56. The summed E-state index contributed by atoms with van der Waals surface area (Å²) in [5.74, 6) is 0.797. The third-order valence-electron chi connectivity index (χ3n) is 2.46. The van der Waals surface area contributed by atoms with Crippen molar-refractivity contribution in [2.45, 2.75) is 26.7 Å². The molecule has 1 heterocycles. The van der Waals surface area contributed by atoms with Gasteiger partial charge in [0.15, 0.2) is 0 Å². The first kappa shape index (κ1) is 11.5. The Bertz CT molecular complexity index is 366. The van der Waals surface area contributed by atoms with E-state index in [4.69, 9.17) is 5.26 Å². The molecular weight excluding hydrogens is 186 g/mol. The summed E-state index contributed by atoms with van der Waals surface area (Å²) in [7, 11) is 1.98. The molecule has 15 heavy (non-hydrogen) atoms. The Labute approximate surface area is 91.4 Å². The number of unbranched alkanes of at least 4 members (excludes halogenated alkanes) is 1. The molecule has 0 unspecified atom stereocenters. The van der Waals surface area contributed by atoms with Crippen molar-refractivity contribution in [3.63, 3.8) is 0 Å². The maximum Gasteiger partial charge on any atom is 0.146 e. The summed E-state index contributed by atoms with van der Waals surface area (Å²) in [5.41, 5.74) is 1.68. The molecule has 0 saturated carbocycles. The lowest BCUT2D eigenvalue weighted by molar-refractivity contribution is 0.758. The number of hydrogen-bond donors (Lipinski definition) is 0. The SMILES string of the molecule is CCCCN(C)c1nccc(C)c1C#N. The fraction of sp³-hybridized carbons (Fsp3) is 0.500. The number of pyridine rings is 1. The fourth-order valence-corrected chi connectivity index (χ4v) is 1.47. The van der Waals surface area contributed by atoms with Gasteiger partial charge in [-0.1, -0.05) is 13.3 Å². The molecule has 0 aliphatic heterocycles. The molecule has 0 fully saturated rings. The summed E-state index contributed by atoms with van der Waals surface area (Å²) in [5, 5.41) is 9.06. The van der Waals surface area contributed by atoms with E-state index in [1.807, 2.05) is 20.0 Å². The Morgan fingerprint density at radius 1 is 1.53 bits per heavy atom. The second-order valence-electron chi connectivity index (χ2n) is 3.71. The van der Waals surface area contributed by atoms with Crippen molar-refractivity contribution in [3.8, 4) is 6.07 Å². The van der Waals surface area contributed by atoms with Crippen LogP contribution in [0.5, 0.6) is 0 Å². The maximum absolute atomic E-state index is 9.06. The number of nitriles is 1. The highest BCUT2D eigenvalue weighted by atomic mass is 15.2. The van der Waals surface area contributed by atoms with Crippen LogP contribution >= 0.6 is 0 Å². The smallest absolute Gasteiger partial charge is 0.146 e. The van der Waals surface area contributed by atoms with Gasteiger partial charge in [-0.3, -0.25) is 0 Å². The Morgan fingerprint density at radius 2 is 2.27 bits per heavy atom. The van der Waals surface area contributed by atoms with Crippen molar-refractivity contribution in [2.75, 3.05) is 18.5 Å². The molecule has 0 amide bonds. The minimum absolute atomic E-state index is 0.691. The highest BCUT2D eigenvalue weighted by Gasteiger charge is 2.10. The van der Waals surface area contributed by atoms with E-state index in [2.05, 4.69) is 22.9 Å². The van der Waals surface area contributed by atoms with Crippen LogP contribution in [0.4, 0.5) is 5.82 Å². The maximum atomic E-state index is 9.06. The molecule has 0 atom stereocenters. The average Bonchev–Trinajstić information content (AvgIpc) is 2.25. The molecule has 80 valence electrons. The molecule has 0 N–H and O–H groups in total. The third kappa shape index (κ3) is 2.69. The topological polar surface area (TPSA) is 39.9 Å². The fourth-order valence-electron chi connectivity index (χ4n) is 1.47. The van der Waals surface area contributed by atoms with Gasteiger partial charge in [0.05, 0.1) is 5.56 Å². The lowest BCUT2D eigenvalue weighted by atomic mass is 10.1. The van der Waals surface area contributed by atoms with E-state index in [-0.39, 0.29) is 0 Å². The Morgan fingerprint density at radius 3 is 2.87 bits per heavy atom. The van der Waals surface area contributed by atoms with Crippen LogP contribution in [0.15, 0.2) is 12.3 Å². The molecule has 0 radical (unpaired) electrons. The largest absolute Gasteiger partial charge is 0.359 e. The quantitative estimate of drug-likeness (QED) is 0.754. The molecule has 0 spiro atoms. The van der Waals surface area contributed by atoms with E-state index < -0.39 is 0 Å². The second kappa shape index (κ2) is 5.35. The molecule has 0 bridgehead atoms. The van der Waals surface area contributed by atoms with Gasteiger partial charge in [0.2, 0.25) is 0 Å². The van der Waals surface area contributed by atoms with E-state index in [0.717, 1.165) is 30.8 Å². The van der Waals surface area contributed by atoms with Gasteiger partial charge in [0, 0.05) is 19.8 Å². The molecule has 1 rings (SSSR count). The summed E-state index contributed by atoms with van der Waals surface area (Å²) in [6.45, 7) is 5.04. The minimum Gasteiger partial charge on any atom is -0.359 e. The van der Waals surface area contributed by atoms with Gasteiger partial charge in [0.25, 0.3) is 0 Å². The predicted molar refractivity (Wildman–Crippen MR) is 61.9 cm³/mol. The van der Waals surface area contributed by atoms with Crippen LogP contribution in [0, 0.1) is 18.3 Å². The molecule has 0 aliphatic rings. The first-order chi connectivity index (χ1) is 7.20. The van der Waals surface area contributed by atoms with Crippen LogP contribution in [0.25, 0.3) is 0 Å². The molecule has 0 saturated heterocycles. The van der Waals surface area contributed by atoms with Crippen molar-refractivity contribution in [3.05, 3.63) is 23.4 Å². The Kier molecular flexibility index (Phi) is 4.11. The highest BCUT2D eigenvalue weighted by Crippen LogP contribution is 2.18. The molecule has 1 aromatic rings. The number of aromatic nitrogens is 1.